The highest BCUT2D eigenvalue weighted by atomic mass is 16.6. The Morgan fingerprint density at radius 2 is 2.08 bits per heavy atom. The number of rotatable bonds is 2. The van der Waals surface area contributed by atoms with Crippen LogP contribution in [0.1, 0.15) is 20.8 Å². The summed E-state index contributed by atoms with van der Waals surface area (Å²) in [5.74, 6) is 0.351. The number of fused-ring (bicyclic) bond motifs is 1. The monoisotopic (exact) mass is 355 g/mol. The van der Waals surface area contributed by atoms with Gasteiger partial charge in [-0.3, -0.25) is 10.1 Å². The van der Waals surface area contributed by atoms with Crippen molar-refractivity contribution in [2.45, 2.75) is 26.4 Å². The molecule has 0 unspecified atom stereocenters. The number of benzene rings is 1. The number of hydrogen-bond acceptors (Lipinski definition) is 6. The quantitative estimate of drug-likeness (QED) is 0.860. The Kier molecular flexibility index (Phi) is 4.50. The van der Waals surface area contributed by atoms with E-state index in [0.29, 0.717) is 17.2 Å². The van der Waals surface area contributed by atoms with Crippen molar-refractivity contribution in [2.75, 3.05) is 29.1 Å². The Bertz CT molecular complexity index is 860. The summed E-state index contributed by atoms with van der Waals surface area (Å²) in [7, 11) is 1.81. The summed E-state index contributed by atoms with van der Waals surface area (Å²) in [4.78, 5) is 34.0. The van der Waals surface area contributed by atoms with Crippen LogP contribution in [0.3, 0.4) is 0 Å². The molecule has 0 spiro atoms. The Morgan fingerprint density at radius 3 is 2.81 bits per heavy atom. The minimum absolute atomic E-state index is 0.120. The summed E-state index contributed by atoms with van der Waals surface area (Å²) in [6.45, 7) is 5.64. The van der Waals surface area contributed by atoms with Gasteiger partial charge in [-0.25, -0.2) is 14.8 Å². The van der Waals surface area contributed by atoms with Crippen LogP contribution in [0.25, 0.3) is 11.3 Å². The molecule has 0 radical (unpaired) electrons. The predicted molar refractivity (Wildman–Crippen MR) is 99.2 cm³/mol. The molecule has 136 valence electrons. The van der Waals surface area contributed by atoms with Crippen LogP contribution < -0.4 is 15.5 Å². The van der Waals surface area contributed by atoms with E-state index in [4.69, 9.17) is 4.74 Å². The topological polar surface area (TPSA) is 96.5 Å². The molecule has 8 heteroatoms. The maximum atomic E-state index is 12.0. The van der Waals surface area contributed by atoms with Crippen molar-refractivity contribution < 1.29 is 14.3 Å². The van der Waals surface area contributed by atoms with Crippen LogP contribution in [-0.2, 0) is 9.53 Å². The van der Waals surface area contributed by atoms with E-state index in [1.165, 1.54) is 6.33 Å². The number of amides is 2. The predicted octanol–water partition coefficient (Wildman–Crippen LogP) is 2.88. The van der Waals surface area contributed by atoms with E-state index in [-0.39, 0.29) is 12.5 Å². The van der Waals surface area contributed by atoms with Crippen molar-refractivity contribution >= 4 is 29.2 Å². The molecule has 8 nitrogen and oxygen atoms in total. The first kappa shape index (κ1) is 17.7. The molecule has 0 fully saturated rings. The second-order valence-electron chi connectivity index (χ2n) is 7.03. The molecule has 26 heavy (non-hydrogen) atoms. The Hall–Kier alpha value is -3.16. The zero-order chi connectivity index (χ0) is 18.9. The third-order valence-electron chi connectivity index (χ3n) is 3.62. The van der Waals surface area contributed by atoms with Crippen LogP contribution >= 0.6 is 0 Å². The highest BCUT2D eigenvalue weighted by Crippen LogP contribution is 2.36. The highest BCUT2D eigenvalue weighted by molar-refractivity contribution is 6.02. The maximum absolute atomic E-state index is 12.0. The summed E-state index contributed by atoms with van der Waals surface area (Å²) in [6.07, 6.45) is 0.880. The van der Waals surface area contributed by atoms with Gasteiger partial charge in [-0.1, -0.05) is 12.1 Å². The molecule has 0 saturated carbocycles. The lowest BCUT2D eigenvalue weighted by Crippen LogP contribution is -2.36. The SMILES string of the molecule is CN1CC(=O)Nc2ncnc(-c3cccc(NC(=O)OC(C)(C)C)c3)c21. The number of ether oxygens (including phenoxy) is 1. The largest absolute Gasteiger partial charge is 0.444 e. The summed E-state index contributed by atoms with van der Waals surface area (Å²) in [5.41, 5.74) is 2.22. The van der Waals surface area contributed by atoms with E-state index in [2.05, 4.69) is 20.6 Å². The minimum Gasteiger partial charge on any atom is -0.444 e. The molecule has 0 aliphatic carbocycles. The van der Waals surface area contributed by atoms with Gasteiger partial charge in [-0.2, -0.15) is 0 Å². The summed E-state index contributed by atoms with van der Waals surface area (Å²) in [5, 5.41) is 5.47. The van der Waals surface area contributed by atoms with Crippen LogP contribution in [0, 0.1) is 0 Å². The van der Waals surface area contributed by atoms with Gasteiger partial charge in [-0.15, -0.1) is 0 Å². The van der Waals surface area contributed by atoms with Crippen molar-refractivity contribution in [1.29, 1.82) is 0 Å². The van der Waals surface area contributed by atoms with Crippen molar-refractivity contribution in [3.63, 3.8) is 0 Å². The fourth-order valence-electron chi connectivity index (χ4n) is 2.67. The van der Waals surface area contributed by atoms with E-state index in [0.717, 1.165) is 11.3 Å². The average Bonchev–Trinajstić information content (AvgIpc) is 2.52. The second-order valence-corrected chi connectivity index (χ2v) is 7.03. The van der Waals surface area contributed by atoms with Gasteiger partial charge in [0.05, 0.1) is 12.2 Å². The Labute approximate surface area is 151 Å². The summed E-state index contributed by atoms with van der Waals surface area (Å²) < 4.78 is 5.28. The normalized spacial score (nSPS) is 13.7. The van der Waals surface area contributed by atoms with Crippen molar-refractivity contribution in [2.24, 2.45) is 0 Å². The van der Waals surface area contributed by atoms with Crippen LogP contribution in [0.4, 0.5) is 22.0 Å². The van der Waals surface area contributed by atoms with Crippen LogP contribution in [0.5, 0.6) is 0 Å². The molecule has 2 N–H and O–H groups in total. The van der Waals surface area contributed by atoms with Crippen molar-refractivity contribution in [1.82, 2.24) is 9.97 Å². The van der Waals surface area contributed by atoms with Gasteiger partial charge in [-0.05, 0) is 32.9 Å². The van der Waals surface area contributed by atoms with E-state index < -0.39 is 11.7 Å². The molecule has 2 heterocycles. The summed E-state index contributed by atoms with van der Waals surface area (Å²) in [6, 6.07) is 7.27. The molecule has 2 aromatic rings. The fourth-order valence-corrected chi connectivity index (χ4v) is 2.67. The molecule has 1 aliphatic heterocycles. The molecule has 0 atom stereocenters. The lowest BCUT2D eigenvalue weighted by atomic mass is 10.1. The maximum Gasteiger partial charge on any atom is 0.412 e. The lowest BCUT2D eigenvalue weighted by molar-refractivity contribution is -0.115. The minimum atomic E-state index is -0.575. The lowest BCUT2D eigenvalue weighted by Gasteiger charge is -2.28. The number of carbonyl (C=O) groups excluding carboxylic acids is 2. The Morgan fingerprint density at radius 1 is 1.31 bits per heavy atom. The first-order chi connectivity index (χ1) is 12.2. The molecule has 0 saturated heterocycles. The van der Waals surface area contributed by atoms with Gasteiger partial charge < -0.3 is 15.0 Å². The Balaban J connectivity index is 1.91. The van der Waals surface area contributed by atoms with Crippen LogP contribution in [0.2, 0.25) is 0 Å². The van der Waals surface area contributed by atoms with Gasteiger partial charge in [0.2, 0.25) is 5.91 Å². The van der Waals surface area contributed by atoms with E-state index in [1.807, 2.05) is 19.2 Å². The number of hydrogen-bond donors (Lipinski definition) is 2. The van der Waals surface area contributed by atoms with E-state index in [9.17, 15) is 9.59 Å². The average molecular weight is 355 g/mol. The molecule has 2 amide bonds. The molecule has 1 aromatic carbocycles. The molecule has 1 aliphatic rings. The number of nitrogens with zero attached hydrogens (tertiary/aromatic N) is 3. The van der Waals surface area contributed by atoms with Gasteiger partial charge in [0.1, 0.15) is 17.6 Å². The number of carbonyl (C=O) groups is 2. The smallest absolute Gasteiger partial charge is 0.412 e. The van der Waals surface area contributed by atoms with Gasteiger partial charge in [0, 0.05) is 18.3 Å². The third-order valence-corrected chi connectivity index (χ3v) is 3.62. The van der Waals surface area contributed by atoms with Gasteiger partial charge in [0.25, 0.3) is 0 Å². The second kappa shape index (κ2) is 6.62. The zero-order valence-corrected chi connectivity index (χ0v) is 15.2. The van der Waals surface area contributed by atoms with Crippen LogP contribution in [0.15, 0.2) is 30.6 Å². The van der Waals surface area contributed by atoms with Gasteiger partial charge >= 0.3 is 6.09 Å². The van der Waals surface area contributed by atoms with Crippen LogP contribution in [-0.4, -0.2) is 41.2 Å². The van der Waals surface area contributed by atoms with E-state index in [1.54, 1.807) is 37.8 Å². The molecular weight excluding hydrogens is 334 g/mol. The molecule has 1 aromatic heterocycles. The standard InChI is InChI=1S/C18H21N5O3/c1-18(2,3)26-17(25)21-12-7-5-6-11(8-12)14-15-16(20-10-19-14)22-13(24)9-23(15)4/h5-8,10H,9H2,1-4H3,(H,21,25)(H,19,20,22,24). The van der Waals surface area contributed by atoms with E-state index >= 15 is 0 Å². The van der Waals surface area contributed by atoms with Gasteiger partial charge in [0.15, 0.2) is 5.82 Å². The first-order valence-electron chi connectivity index (χ1n) is 8.19. The summed E-state index contributed by atoms with van der Waals surface area (Å²) >= 11 is 0. The zero-order valence-electron chi connectivity index (χ0n) is 15.2. The third kappa shape index (κ3) is 3.90. The number of likely N-dealkylation sites (N-methyl/N-ethyl adjacent to an activating group) is 1. The fraction of sp³-hybridized carbons (Fsp3) is 0.333. The number of nitrogens with one attached hydrogen (secondary N) is 2. The van der Waals surface area contributed by atoms with Crippen molar-refractivity contribution in [3.05, 3.63) is 30.6 Å². The molecular formula is C18H21N5O3. The molecule has 0 bridgehead atoms. The number of anilines is 3. The molecule has 3 rings (SSSR count). The number of aromatic nitrogens is 2. The first-order valence-corrected chi connectivity index (χ1v) is 8.19. The highest BCUT2D eigenvalue weighted by Gasteiger charge is 2.25. The van der Waals surface area contributed by atoms with Crippen molar-refractivity contribution in [3.8, 4) is 11.3 Å².